The molecule has 3 rings (SSSR count). The normalized spacial score (nSPS) is 18.0. The molecule has 1 fully saturated rings. The fourth-order valence-corrected chi connectivity index (χ4v) is 3.01. The number of piperidine rings is 1. The number of rotatable bonds is 3. The lowest BCUT2D eigenvalue weighted by molar-refractivity contribution is -0.123. The Bertz CT molecular complexity index is 723. The van der Waals surface area contributed by atoms with Crippen molar-refractivity contribution in [2.75, 3.05) is 13.1 Å². The number of amides is 2. The first-order valence-electron chi connectivity index (χ1n) is 7.76. The molecule has 0 radical (unpaired) electrons. The van der Waals surface area contributed by atoms with Crippen LogP contribution in [0.25, 0.3) is 5.69 Å². The highest BCUT2D eigenvalue weighted by atomic mass is 16.2. The predicted molar refractivity (Wildman–Crippen MR) is 86.1 cm³/mol. The van der Waals surface area contributed by atoms with Gasteiger partial charge >= 0.3 is 0 Å². The van der Waals surface area contributed by atoms with Crippen molar-refractivity contribution in [3.8, 4) is 5.69 Å². The van der Waals surface area contributed by atoms with E-state index in [4.69, 9.17) is 5.73 Å². The van der Waals surface area contributed by atoms with Crippen molar-refractivity contribution in [2.24, 2.45) is 11.7 Å². The first-order chi connectivity index (χ1) is 11.1. The highest BCUT2D eigenvalue weighted by Gasteiger charge is 2.29. The Labute approximate surface area is 134 Å². The number of nitrogens with zero attached hydrogens (tertiary/aromatic N) is 3. The molecule has 0 spiro atoms. The summed E-state index contributed by atoms with van der Waals surface area (Å²) in [6, 6.07) is 9.68. The van der Waals surface area contributed by atoms with Crippen LogP contribution in [0.3, 0.4) is 0 Å². The van der Waals surface area contributed by atoms with Gasteiger partial charge in [-0.1, -0.05) is 18.2 Å². The van der Waals surface area contributed by atoms with E-state index < -0.39 is 0 Å². The first-order valence-corrected chi connectivity index (χ1v) is 7.76. The molecule has 6 heteroatoms. The highest BCUT2D eigenvalue weighted by Crippen LogP contribution is 2.21. The van der Waals surface area contributed by atoms with Crippen LogP contribution in [0.1, 0.15) is 28.9 Å². The van der Waals surface area contributed by atoms with Gasteiger partial charge in [0, 0.05) is 13.1 Å². The maximum Gasteiger partial charge on any atom is 0.257 e. The molecule has 0 unspecified atom stereocenters. The smallest absolute Gasteiger partial charge is 0.257 e. The molecule has 6 nitrogen and oxygen atoms in total. The molecule has 0 bridgehead atoms. The van der Waals surface area contributed by atoms with Crippen LogP contribution in [0.2, 0.25) is 0 Å². The van der Waals surface area contributed by atoms with E-state index in [9.17, 15) is 9.59 Å². The van der Waals surface area contributed by atoms with Gasteiger partial charge in [-0.15, -0.1) is 0 Å². The van der Waals surface area contributed by atoms with Crippen LogP contribution in [0.15, 0.2) is 36.5 Å². The standard InChI is InChI=1S/C17H20N4O2/c1-12-15(10-19-21(12)14-7-3-2-4-8-14)17(23)20-9-5-6-13(11-20)16(18)22/h2-4,7-8,10,13H,5-6,9,11H2,1H3,(H2,18,22)/t13-/m1/s1. The van der Waals surface area contributed by atoms with Crippen LogP contribution in [0.4, 0.5) is 0 Å². The van der Waals surface area contributed by atoms with E-state index in [2.05, 4.69) is 5.10 Å². The summed E-state index contributed by atoms with van der Waals surface area (Å²) in [4.78, 5) is 25.8. The molecule has 1 aromatic carbocycles. The first kappa shape index (κ1) is 15.3. The number of hydrogen-bond acceptors (Lipinski definition) is 3. The lowest BCUT2D eigenvalue weighted by Gasteiger charge is -2.31. The molecule has 1 atom stereocenters. The zero-order valence-corrected chi connectivity index (χ0v) is 13.1. The molecule has 1 aliphatic rings. The fraction of sp³-hybridized carbons (Fsp3) is 0.353. The van der Waals surface area contributed by atoms with E-state index >= 15 is 0 Å². The molecule has 2 aromatic rings. The Hall–Kier alpha value is -2.63. The van der Waals surface area contributed by atoms with E-state index in [-0.39, 0.29) is 17.7 Å². The lowest BCUT2D eigenvalue weighted by atomic mass is 9.97. The fourth-order valence-electron chi connectivity index (χ4n) is 3.01. The Kier molecular flexibility index (Phi) is 4.14. The number of carbonyl (C=O) groups excluding carboxylic acids is 2. The van der Waals surface area contributed by atoms with E-state index in [1.165, 1.54) is 0 Å². The zero-order valence-electron chi connectivity index (χ0n) is 13.1. The van der Waals surface area contributed by atoms with Crippen molar-refractivity contribution in [3.05, 3.63) is 47.8 Å². The van der Waals surface area contributed by atoms with Gasteiger partial charge in [0.15, 0.2) is 0 Å². The number of nitrogens with two attached hydrogens (primary N) is 1. The van der Waals surface area contributed by atoms with Gasteiger partial charge in [-0.2, -0.15) is 5.10 Å². The van der Waals surface area contributed by atoms with Gasteiger partial charge < -0.3 is 10.6 Å². The van der Waals surface area contributed by atoms with E-state index in [1.54, 1.807) is 15.8 Å². The second-order valence-corrected chi connectivity index (χ2v) is 5.88. The van der Waals surface area contributed by atoms with Crippen LogP contribution < -0.4 is 5.73 Å². The third kappa shape index (κ3) is 2.97. The molecule has 120 valence electrons. The van der Waals surface area contributed by atoms with Crippen molar-refractivity contribution in [3.63, 3.8) is 0 Å². The average molecular weight is 312 g/mol. The van der Waals surface area contributed by atoms with E-state index in [1.807, 2.05) is 37.3 Å². The highest BCUT2D eigenvalue weighted by molar-refractivity contribution is 5.95. The molecular formula is C17H20N4O2. The van der Waals surface area contributed by atoms with Crippen LogP contribution in [-0.4, -0.2) is 39.6 Å². The van der Waals surface area contributed by atoms with Crippen LogP contribution in [0.5, 0.6) is 0 Å². The molecule has 1 saturated heterocycles. The summed E-state index contributed by atoms with van der Waals surface area (Å²) in [6.45, 7) is 2.92. The third-order valence-electron chi connectivity index (χ3n) is 4.35. The number of hydrogen-bond donors (Lipinski definition) is 1. The molecule has 2 amide bonds. The van der Waals surface area contributed by atoms with E-state index in [0.29, 0.717) is 18.7 Å². The maximum atomic E-state index is 12.8. The lowest BCUT2D eigenvalue weighted by Crippen LogP contribution is -2.44. The summed E-state index contributed by atoms with van der Waals surface area (Å²) >= 11 is 0. The Balaban J connectivity index is 1.83. The maximum absolute atomic E-state index is 12.8. The van der Waals surface area contributed by atoms with Crippen LogP contribution in [0, 0.1) is 12.8 Å². The summed E-state index contributed by atoms with van der Waals surface area (Å²) in [6.07, 6.45) is 3.14. The van der Waals surface area contributed by atoms with Gasteiger partial charge in [0.05, 0.1) is 29.1 Å². The minimum absolute atomic E-state index is 0.0874. The van der Waals surface area contributed by atoms with Crippen molar-refractivity contribution >= 4 is 11.8 Å². The molecule has 0 aliphatic carbocycles. The predicted octanol–water partition coefficient (Wildman–Crippen LogP) is 1.52. The average Bonchev–Trinajstić information content (AvgIpc) is 2.96. The molecule has 23 heavy (non-hydrogen) atoms. The number of carbonyl (C=O) groups is 2. The number of aromatic nitrogens is 2. The van der Waals surface area contributed by atoms with Gasteiger partial charge in [-0.3, -0.25) is 9.59 Å². The summed E-state index contributed by atoms with van der Waals surface area (Å²) < 4.78 is 1.75. The summed E-state index contributed by atoms with van der Waals surface area (Å²) in [5.41, 5.74) is 7.66. The van der Waals surface area contributed by atoms with E-state index in [0.717, 1.165) is 24.2 Å². The molecule has 2 heterocycles. The summed E-state index contributed by atoms with van der Waals surface area (Å²) in [5, 5.41) is 4.33. The number of benzene rings is 1. The second kappa shape index (κ2) is 6.24. The Morgan fingerprint density at radius 1 is 1.26 bits per heavy atom. The third-order valence-corrected chi connectivity index (χ3v) is 4.35. The molecule has 1 aromatic heterocycles. The van der Waals surface area contributed by atoms with Crippen LogP contribution in [-0.2, 0) is 4.79 Å². The largest absolute Gasteiger partial charge is 0.369 e. The van der Waals surface area contributed by atoms with Crippen molar-refractivity contribution in [1.82, 2.24) is 14.7 Å². The summed E-state index contributed by atoms with van der Waals surface area (Å²) in [7, 11) is 0. The molecule has 0 saturated carbocycles. The topological polar surface area (TPSA) is 81.2 Å². The second-order valence-electron chi connectivity index (χ2n) is 5.88. The van der Waals surface area contributed by atoms with Gasteiger partial charge in [0.25, 0.3) is 5.91 Å². The zero-order chi connectivity index (χ0) is 16.4. The van der Waals surface area contributed by atoms with Crippen molar-refractivity contribution < 1.29 is 9.59 Å². The number of likely N-dealkylation sites (tertiary alicyclic amines) is 1. The van der Waals surface area contributed by atoms with Gasteiger partial charge in [0.2, 0.25) is 5.91 Å². The van der Waals surface area contributed by atoms with Gasteiger partial charge in [-0.05, 0) is 31.9 Å². The van der Waals surface area contributed by atoms with Gasteiger partial charge in [0.1, 0.15) is 0 Å². The van der Waals surface area contributed by atoms with Crippen molar-refractivity contribution in [2.45, 2.75) is 19.8 Å². The summed E-state index contributed by atoms with van der Waals surface area (Å²) in [5.74, 6) is -0.674. The van der Waals surface area contributed by atoms with Crippen molar-refractivity contribution in [1.29, 1.82) is 0 Å². The molecule has 2 N–H and O–H groups in total. The Morgan fingerprint density at radius 3 is 2.70 bits per heavy atom. The SMILES string of the molecule is Cc1c(C(=O)N2CCC[C@@H](C(N)=O)C2)cnn1-c1ccccc1. The Morgan fingerprint density at radius 2 is 2.00 bits per heavy atom. The van der Waals surface area contributed by atoms with Crippen LogP contribution >= 0.6 is 0 Å². The number of para-hydroxylation sites is 1. The van der Waals surface area contributed by atoms with Gasteiger partial charge in [-0.25, -0.2) is 4.68 Å². The minimum atomic E-state index is -0.334. The molecule has 1 aliphatic heterocycles. The monoisotopic (exact) mass is 312 g/mol. The minimum Gasteiger partial charge on any atom is -0.369 e. The quantitative estimate of drug-likeness (QED) is 0.933. The molecular weight excluding hydrogens is 292 g/mol. The number of primary amides is 1.